The van der Waals surface area contributed by atoms with E-state index in [2.05, 4.69) is 4.99 Å². The molecule has 0 aromatic heterocycles. The van der Waals surface area contributed by atoms with Crippen LogP contribution >= 0.6 is 0 Å². The van der Waals surface area contributed by atoms with Crippen LogP contribution < -0.4 is 0 Å². The second-order valence-corrected chi connectivity index (χ2v) is 6.07. The highest BCUT2D eigenvalue weighted by Crippen LogP contribution is 2.13. The van der Waals surface area contributed by atoms with Gasteiger partial charge in [-0.1, -0.05) is 77.0 Å². The predicted molar refractivity (Wildman–Crippen MR) is 89.9 cm³/mol. The largest absolute Gasteiger partial charge is 0.481 e. The zero-order valence-corrected chi connectivity index (χ0v) is 14.0. The van der Waals surface area contributed by atoms with Crippen molar-refractivity contribution in [1.29, 1.82) is 0 Å². The summed E-state index contributed by atoms with van der Waals surface area (Å²) in [7, 11) is 0. The molecule has 0 unspecified atom stereocenters. The summed E-state index contributed by atoms with van der Waals surface area (Å²) in [6, 6.07) is 0. The molecule has 0 saturated carbocycles. The Morgan fingerprint density at radius 2 is 1.05 bits per heavy atom. The minimum absolute atomic E-state index is 0.324. The molecule has 1 N–H and O–H groups in total. The number of carbonyl (C=O) groups is 1. The molecule has 0 heterocycles. The van der Waals surface area contributed by atoms with Gasteiger partial charge in [0.05, 0.1) is 6.54 Å². The number of rotatable bonds is 17. The van der Waals surface area contributed by atoms with E-state index in [1.54, 1.807) is 6.08 Å². The number of hydrogen-bond donors (Lipinski definition) is 1. The molecule has 0 rings (SSSR count). The van der Waals surface area contributed by atoms with Gasteiger partial charge in [-0.25, -0.2) is 9.79 Å². The first-order chi connectivity index (χ1) is 10.8. The Bertz CT molecular complexity index is 283. The molecule has 22 heavy (non-hydrogen) atoms. The van der Waals surface area contributed by atoms with Crippen LogP contribution in [0.4, 0.5) is 0 Å². The number of carboxylic acid groups (broad SMARTS) is 1. The number of hydrogen-bond acceptors (Lipinski definition) is 3. The Balaban J connectivity index is 2.99. The monoisotopic (exact) mass is 311 g/mol. The third-order valence-electron chi connectivity index (χ3n) is 3.98. The fourth-order valence-electron chi connectivity index (χ4n) is 2.63. The van der Waals surface area contributed by atoms with Crippen molar-refractivity contribution in [3.05, 3.63) is 0 Å². The van der Waals surface area contributed by atoms with Crippen molar-refractivity contribution < 1.29 is 14.7 Å². The number of carboxylic acids is 1. The Hall–Kier alpha value is -1.15. The molecule has 0 saturated heterocycles. The van der Waals surface area contributed by atoms with Crippen LogP contribution in [0.25, 0.3) is 0 Å². The van der Waals surface area contributed by atoms with E-state index < -0.39 is 5.97 Å². The van der Waals surface area contributed by atoms with Gasteiger partial charge in [0.1, 0.15) is 0 Å². The van der Waals surface area contributed by atoms with E-state index in [4.69, 9.17) is 5.11 Å². The van der Waals surface area contributed by atoms with Crippen LogP contribution in [0.5, 0.6) is 0 Å². The fourth-order valence-corrected chi connectivity index (χ4v) is 2.63. The molecule has 0 aliphatic carbocycles. The van der Waals surface area contributed by atoms with Crippen molar-refractivity contribution >= 4 is 12.0 Å². The van der Waals surface area contributed by atoms with Gasteiger partial charge in [0.15, 0.2) is 0 Å². The number of nitrogens with zero attached hydrogens (tertiary/aromatic N) is 1. The average Bonchev–Trinajstić information content (AvgIpc) is 2.50. The summed E-state index contributed by atoms with van der Waals surface area (Å²) in [5, 5.41) is 8.52. The summed E-state index contributed by atoms with van der Waals surface area (Å²) < 4.78 is 0. The molecule has 0 aromatic carbocycles. The topological polar surface area (TPSA) is 66.7 Å². The van der Waals surface area contributed by atoms with Gasteiger partial charge in [-0.05, 0) is 12.8 Å². The van der Waals surface area contributed by atoms with Crippen molar-refractivity contribution in [3.63, 3.8) is 0 Å². The highest BCUT2D eigenvalue weighted by molar-refractivity contribution is 5.66. The van der Waals surface area contributed by atoms with Crippen LogP contribution in [-0.2, 0) is 9.59 Å². The third kappa shape index (κ3) is 18.9. The lowest BCUT2D eigenvalue weighted by atomic mass is 10.0. The van der Waals surface area contributed by atoms with Crippen molar-refractivity contribution in [2.24, 2.45) is 4.99 Å². The molecule has 0 aliphatic heterocycles. The van der Waals surface area contributed by atoms with Gasteiger partial charge in [0.25, 0.3) is 0 Å². The lowest BCUT2D eigenvalue weighted by Crippen LogP contribution is -1.93. The normalized spacial score (nSPS) is 10.4. The quantitative estimate of drug-likeness (QED) is 0.226. The number of aliphatic imine (C=N–C) groups is 1. The Morgan fingerprint density at radius 3 is 1.41 bits per heavy atom. The maximum Gasteiger partial charge on any atom is 0.303 e. The van der Waals surface area contributed by atoms with Crippen LogP contribution in [0.1, 0.15) is 96.3 Å². The van der Waals surface area contributed by atoms with Gasteiger partial charge in [0.2, 0.25) is 6.08 Å². The molecule has 0 aliphatic rings. The molecule has 0 fully saturated rings. The number of unbranched alkanes of at least 4 members (excludes halogenated alkanes) is 13. The molecule has 0 radical (unpaired) electrons. The lowest BCUT2D eigenvalue weighted by Gasteiger charge is -2.03. The van der Waals surface area contributed by atoms with E-state index in [0.29, 0.717) is 13.0 Å². The Labute approximate surface area is 135 Å². The highest BCUT2D eigenvalue weighted by atomic mass is 16.4. The minimum Gasteiger partial charge on any atom is -0.481 e. The van der Waals surface area contributed by atoms with Gasteiger partial charge in [-0.3, -0.25) is 4.79 Å². The molecule has 4 heteroatoms. The summed E-state index contributed by atoms with van der Waals surface area (Å²) in [5.74, 6) is -0.672. The van der Waals surface area contributed by atoms with E-state index in [9.17, 15) is 9.59 Å². The highest BCUT2D eigenvalue weighted by Gasteiger charge is 1.97. The standard InChI is InChI=1S/C18H33NO3/c20-17-19-16-14-12-10-8-6-4-2-1-3-5-7-9-11-13-15-18(21)22/h1-16H2,(H,21,22). The number of aliphatic carboxylic acids is 1. The first-order valence-corrected chi connectivity index (χ1v) is 9.03. The first-order valence-electron chi connectivity index (χ1n) is 9.03. The second kappa shape index (κ2) is 17.9. The van der Waals surface area contributed by atoms with Gasteiger partial charge in [-0.15, -0.1) is 0 Å². The minimum atomic E-state index is -0.672. The molecular formula is C18H33NO3. The maximum absolute atomic E-state index is 10.3. The summed E-state index contributed by atoms with van der Waals surface area (Å²) >= 11 is 0. The van der Waals surface area contributed by atoms with Crippen LogP contribution in [0.3, 0.4) is 0 Å². The summed E-state index contributed by atoms with van der Waals surface area (Å²) in [6.45, 7) is 0.639. The van der Waals surface area contributed by atoms with Crippen molar-refractivity contribution in [1.82, 2.24) is 0 Å². The zero-order chi connectivity index (χ0) is 16.3. The van der Waals surface area contributed by atoms with Crippen molar-refractivity contribution in [2.75, 3.05) is 6.54 Å². The Morgan fingerprint density at radius 1 is 0.682 bits per heavy atom. The molecule has 0 bridgehead atoms. The molecule has 0 amide bonds. The van der Waals surface area contributed by atoms with Crippen LogP contribution in [0.15, 0.2) is 4.99 Å². The number of isocyanates is 1. The summed E-state index contributed by atoms with van der Waals surface area (Å²) in [5.41, 5.74) is 0. The fraction of sp³-hybridized carbons (Fsp3) is 0.889. The molecule has 0 aromatic rings. The van der Waals surface area contributed by atoms with E-state index in [1.807, 2.05) is 0 Å². The van der Waals surface area contributed by atoms with Gasteiger partial charge in [0, 0.05) is 6.42 Å². The average molecular weight is 311 g/mol. The summed E-state index contributed by atoms with van der Waals surface area (Å²) in [4.78, 5) is 23.8. The van der Waals surface area contributed by atoms with Gasteiger partial charge < -0.3 is 5.11 Å². The lowest BCUT2D eigenvalue weighted by molar-refractivity contribution is -0.137. The maximum atomic E-state index is 10.3. The first kappa shape index (κ1) is 20.9. The predicted octanol–water partition coefficient (Wildman–Crippen LogP) is 5.26. The summed E-state index contributed by atoms with van der Waals surface area (Å²) in [6.07, 6.45) is 18.9. The molecular weight excluding hydrogens is 278 g/mol. The van der Waals surface area contributed by atoms with Gasteiger partial charge >= 0.3 is 5.97 Å². The smallest absolute Gasteiger partial charge is 0.303 e. The molecule has 0 spiro atoms. The number of carbonyl (C=O) groups excluding carboxylic acids is 1. The van der Waals surface area contributed by atoms with E-state index in [1.165, 1.54) is 70.6 Å². The van der Waals surface area contributed by atoms with E-state index >= 15 is 0 Å². The van der Waals surface area contributed by atoms with Crippen LogP contribution in [-0.4, -0.2) is 23.7 Å². The van der Waals surface area contributed by atoms with Crippen molar-refractivity contribution in [2.45, 2.75) is 96.3 Å². The SMILES string of the molecule is O=C=NCCCCCCCCCCCCCCCCC(=O)O. The zero-order valence-electron chi connectivity index (χ0n) is 14.0. The van der Waals surface area contributed by atoms with Gasteiger partial charge in [-0.2, -0.15) is 0 Å². The van der Waals surface area contributed by atoms with E-state index in [-0.39, 0.29) is 0 Å². The second-order valence-electron chi connectivity index (χ2n) is 6.07. The molecule has 0 atom stereocenters. The van der Waals surface area contributed by atoms with Crippen molar-refractivity contribution in [3.8, 4) is 0 Å². The van der Waals surface area contributed by atoms with E-state index in [0.717, 1.165) is 19.3 Å². The molecule has 4 nitrogen and oxygen atoms in total. The third-order valence-corrected chi connectivity index (χ3v) is 3.98. The Kier molecular flexibility index (Phi) is 17.0. The molecule has 128 valence electrons. The van der Waals surface area contributed by atoms with Crippen LogP contribution in [0.2, 0.25) is 0 Å². The van der Waals surface area contributed by atoms with Crippen LogP contribution in [0, 0.1) is 0 Å².